The zero-order chi connectivity index (χ0) is 14.9. The van der Waals surface area contributed by atoms with Crippen molar-refractivity contribution in [2.45, 2.75) is 39.1 Å². The summed E-state index contributed by atoms with van der Waals surface area (Å²) in [5.74, 6) is 0. The van der Waals surface area contributed by atoms with Crippen molar-refractivity contribution in [1.29, 1.82) is 0 Å². The predicted molar refractivity (Wildman–Crippen MR) is 79.4 cm³/mol. The van der Waals surface area contributed by atoms with Crippen molar-refractivity contribution < 1.29 is 8.42 Å². The van der Waals surface area contributed by atoms with Crippen LogP contribution in [-0.4, -0.2) is 18.2 Å². The number of rotatable bonds is 4. The zero-order valence-electron chi connectivity index (χ0n) is 12.1. The average Bonchev–Trinajstić information content (AvgIpc) is 2.75. The van der Waals surface area contributed by atoms with E-state index in [1.807, 2.05) is 32.9 Å². The molecule has 2 rings (SSSR count). The van der Waals surface area contributed by atoms with Gasteiger partial charge in [0.05, 0.1) is 11.9 Å². The first-order valence-corrected chi connectivity index (χ1v) is 7.96. The third-order valence-corrected chi connectivity index (χ3v) is 4.89. The molecular formula is C14H19N3O2S. The van der Waals surface area contributed by atoms with Gasteiger partial charge in [-0.2, -0.15) is 5.10 Å². The lowest BCUT2D eigenvalue weighted by Gasteiger charge is -2.09. The number of benzene rings is 1. The van der Waals surface area contributed by atoms with Crippen LogP contribution < -0.4 is 4.72 Å². The van der Waals surface area contributed by atoms with E-state index in [9.17, 15) is 8.42 Å². The molecule has 1 heterocycles. The lowest BCUT2D eigenvalue weighted by Crippen LogP contribution is -2.14. The molecule has 0 spiro atoms. The van der Waals surface area contributed by atoms with E-state index in [-0.39, 0.29) is 4.90 Å². The van der Waals surface area contributed by atoms with E-state index in [2.05, 4.69) is 9.82 Å². The Balaban J connectivity index is 2.35. The van der Waals surface area contributed by atoms with E-state index in [0.717, 1.165) is 11.1 Å². The fraction of sp³-hybridized carbons (Fsp3) is 0.357. The molecule has 2 aromatic rings. The highest BCUT2D eigenvalue weighted by molar-refractivity contribution is 7.92. The second-order valence-corrected chi connectivity index (χ2v) is 6.47. The highest BCUT2D eigenvalue weighted by Gasteiger charge is 2.20. The van der Waals surface area contributed by atoms with Crippen LogP contribution in [0.2, 0.25) is 0 Å². The topological polar surface area (TPSA) is 64.0 Å². The normalized spacial score (nSPS) is 11.6. The molecule has 0 aliphatic carbocycles. The summed E-state index contributed by atoms with van der Waals surface area (Å²) in [6.45, 7) is 8.26. The average molecular weight is 293 g/mol. The monoisotopic (exact) mass is 293 g/mol. The number of nitrogens with one attached hydrogen (secondary N) is 1. The van der Waals surface area contributed by atoms with Gasteiger partial charge in [0.15, 0.2) is 0 Å². The van der Waals surface area contributed by atoms with E-state index < -0.39 is 10.0 Å². The fourth-order valence-corrected chi connectivity index (χ4v) is 3.25. The second kappa shape index (κ2) is 5.28. The van der Waals surface area contributed by atoms with Gasteiger partial charge in [0.2, 0.25) is 0 Å². The molecule has 5 nitrogen and oxygen atoms in total. The van der Waals surface area contributed by atoms with Gasteiger partial charge in [-0.3, -0.25) is 9.40 Å². The van der Waals surface area contributed by atoms with Crippen molar-refractivity contribution in [1.82, 2.24) is 9.78 Å². The van der Waals surface area contributed by atoms with E-state index in [4.69, 9.17) is 0 Å². The van der Waals surface area contributed by atoms with E-state index in [1.165, 1.54) is 6.20 Å². The third kappa shape index (κ3) is 2.70. The largest absolute Gasteiger partial charge is 0.280 e. The Morgan fingerprint density at radius 1 is 1.20 bits per heavy atom. The molecule has 0 saturated heterocycles. The highest BCUT2D eigenvalue weighted by atomic mass is 32.2. The molecule has 1 aromatic carbocycles. The lowest BCUT2D eigenvalue weighted by atomic mass is 10.1. The molecule has 6 heteroatoms. The summed E-state index contributed by atoms with van der Waals surface area (Å²) in [6, 6.07) is 5.49. The smallest absolute Gasteiger partial charge is 0.265 e. The van der Waals surface area contributed by atoms with Crippen LogP contribution in [0, 0.1) is 20.8 Å². The van der Waals surface area contributed by atoms with Gasteiger partial charge in [-0.15, -0.1) is 0 Å². The summed E-state index contributed by atoms with van der Waals surface area (Å²) in [5.41, 5.74) is 3.38. The van der Waals surface area contributed by atoms with Crippen molar-refractivity contribution in [2.75, 3.05) is 4.72 Å². The van der Waals surface area contributed by atoms with Gasteiger partial charge >= 0.3 is 0 Å². The van der Waals surface area contributed by atoms with Gasteiger partial charge in [-0.05, 0) is 51.0 Å². The van der Waals surface area contributed by atoms with Crippen molar-refractivity contribution >= 4 is 15.7 Å². The van der Waals surface area contributed by atoms with Crippen LogP contribution in [0.1, 0.15) is 23.7 Å². The number of nitrogens with zero attached hydrogens (tertiary/aromatic N) is 2. The molecule has 0 unspecified atom stereocenters. The second-order valence-electron chi connectivity index (χ2n) is 4.81. The van der Waals surface area contributed by atoms with Gasteiger partial charge in [-0.1, -0.05) is 6.07 Å². The minimum absolute atomic E-state index is 0.220. The number of anilines is 1. The lowest BCUT2D eigenvalue weighted by molar-refractivity contribution is 0.598. The molecule has 0 fully saturated rings. The first-order valence-electron chi connectivity index (χ1n) is 6.47. The summed E-state index contributed by atoms with van der Waals surface area (Å²) in [4.78, 5) is 0.220. The minimum atomic E-state index is -3.60. The first kappa shape index (κ1) is 14.6. The molecule has 108 valence electrons. The number of aryl methyl sites for hydroxylation is 3. The van der Waals surface area contributed by atoms with Crippen LogP contribution in [0.15, 0.2) is 29.3 Å². The Morgan fingerprint density at radius 2 is 1.90 bits per heavy atom. The van der Waals surface area contributed by atoms with Crippen LogP contribution in [0.3, 0.4) is 0 Å². The molecular weight excluding hydrogens is 274 g/mol. The molecule has 0 bridgehead atoms. The number of hydrogen-bond acceptors (Lipinski definition) is 3. The van der Waals surface area contributed by atoms with Crippen LogP contribution in [-0.2, 0) is 16.6 Å². The summed E-state index contributed by atoms with van der Waals surface area (Å²) in [7, 11) is -3.60. The van der Waals surface area contributed by atoms with Gasteiger partial charge in [0, 0.05) is 12.2 Å². The van der Waals surface area contributed by atoms with E-state index in [1.54, 1.807) is 17.7 Å². The maximum atomic E-state index is 12.4. The third-order valence-electron chi connectivity index (χ3n) is 3.41. The SMILES string of the molecule is CCn1ncc(S(=O)(=O)Nc2ccc(C)c(C)c2)c1C. The van der Waals surface area contributed by atoms with Crippen LogP contribution in [0.25, 0.3) is 0 Å². The Bertz CT molecular complexity index is 733. The van der Waals surface area contributed by atoms with Crippen LogP contribution in [0.5, 0.6) is 0 Å². The number of aromatic nitrogens is 2. The molecule has 20 heavy (non-hydrogen) atoms. The van der Waals surface area contributed by atoms with Crippen LogP contribution >= 0.6 is 0 Å². The van der Waals surface area contributed by atoms with Crippen molar-refractivity contribution in [3.8, 4) is 0 Å². The fourth-order valence-electron chi connectivity index (χ4n) is 2.03. The maximum absolute atomic E-state index is 12.4. The molecule has 0 aliphatic heterocycles. The number of hydrogen-bond donors (Lipinski definition) is 1. The Kier molecular flexibility index (Phi) is 3.85. The van der Waals surface area contributed by atoms with Crippen molar-refractivity contribution in [3.05, 3.63) is 41.2 Å². The Morgan fingerprint density at radius 3 is 2.45 bits per heavy atom. The van der Waals surface area contributed by atoms with Gasteiger partial charge < -0.3 is 0 Å². The maximum Gasteiger partial charge on any atom is 0.265 e. The molecule has 0 aliphatic rings. The predicted octanol–water partition coefficient (Wildman–Crippen LogP) is 2.63. The van der Waals surface area contributed by atoms with Crippen LogP contribution in [0.4, 0.5) is 5.69 Å². The summed E-state index contributed by atoms with van der Waals surface area (Å²) >= 11 is 0. The summed E-state index contributed by atoms with van der Waals surface area (Å²) in [5, 5.41) is 4.07. The van der Waals surface area contributed by atoms with Crippen molar-refractivity contribution in [2.24, 2.45) is 0 Å². The Hall–Kier alpha value is -1.82. The van der Waals surface area contributed by atoms with Gasteiger partial charge in [0.25, 0.3) is 10.0 Å². The first-order chi connectivity index (χ1) is 9.35. The minimum Gasteiger partial charge on any atom is -0.280 e. The molecule has 1 aromatic heterocycles. The van der Waals surface area contributed by atoms with Crippen molar-refractivity contribution in [3.63, 3.8) is 0 Å². The molecule has 1 N–H and O–H groups in total. The van der Waals surface area contributed by atoms with Gasteiger partial charge in [0.1, 0.15) is 4.90 Å². The van der Waals surface area contributed by atoms with E-state index >= 15 is 0 Å². The Labute approximate surface area is 119 Å². The van der Waals surface area contributed by atoms with E-state index in [0.29, 0.717) is 17.9 Å². The summed E-state index contributed by atoms with van der Waals surface area (Å²) < 4.78 is 29.0. The zero-order valence-corrected chi connectivity index (χ0v) is 13.0. The summed E-state index contributed by atoms with van der Waals surface area (Å²) in [6.07, 6.45) is 1.39. The quantitative estimate of drug-likeness (QED) is 0.942. The molecule has 0 radical (unpaired) electrons. The number of sulfonamides is 1. The molecule has 0 amide bonds. The molecule has 0 saturated carbocycles. The molecule has 0 atom stereocenters. The standard InChI is InChI=1S/C14H19N3O2S/c1-5-17-12(4)14(9-15-17)20(18,19)16-13-7-6-10(2)11(3)8-13/h6-9,16H,5H2,1-4H3. The van der Waals surface area contributed by atoms with Gasteiger partial charge in [-0.25, -0.2) is 8.42 Å². The highest BCUT2D eigenvalue weighted by Crippen LogP contribution is 2.20.